The lowest BCUT2D eigenvalue weighted by Crippen LogP contribution is -2.13. The van der Waals surface area contributed by atoms with Crippen LogP contribution in [0.1, 0.15) is 62.2 Å². The highest BCUT2D eigenvalue weighted by Gasteiger charge is 2.14. The first-order chi connectivity index (χ1) is 10.9. The molecule has 3 nitrogen and oxygen atoms in total. The number of benzene rings is 1. The molecule has 23 heavy (non-hydrogen) atoms. The van der Waals surface area contributed by atoms with Gasteiger partial charge in [-0.15, -0.1) is 0 Å². The Bertz CT molecular complexity index is 682. The summed E-state index contributed by atoms with van der Waals surface area (Å²) in [5, 5.41) is 3.05. The van der Waals surface area contributed by atoms with Crippen LogP contribution in [0.4, 0.5) is 5.69 Å². The van der Waals surface area contributed by atoms with Crippen molar-refractivity contribution in [3.63, 3.8) is 0 Å². The van der Waals surface area contributed by atoms with Crippen molar-refractivity contribution in [2.45, 2.75) is 46.5 Å². The molecule has 2 rings (SSSR count). The lowest BCUT2D eigenvalue weighted by Gasteiger charge is -2.19. The smallest absolute Gasteiger partial charge is 0.248 e. The highest BCUT2D eigenvalue weighted by Crippen LogP contribution is 2.32. The van der Waals surface area contributed by atoms with Crippen LogP contribution in [0, 0.1) is 6.92 Å². The molecule has 0 fully saturated rings. The molecule has 1 heterocycles. The molecule has 0 aliphatic heterocycles. The minimum Gasteiger partial charge on any atom is -0.462 e. The topological polar surface area (TPSA) is 42.2 Å². The first kappa shape index (κ1) is 17.1. The summed E-state index contributed by atoms with van der Waals surface area (Å²) in [5.41, 5.74) is 3.25. The van der Waals surface area contributed by atoms with E-state index in [0.717, 1.165) is 22.6 Å². The number of anilines is 1. The fourth-order valence-electron chi connectivity index (χ4n) is 2.56. The largest absolute Gasteiger partial charge is 0.462 e. The molecule has 0 aliphatic rings. The number of furan rings is 1. The zero-order chi connectivity index (χ0) is 17.0. The number of rotatable bonds is 5. The molecule has 122 valence electrons. The third kappa shape index (κ3) is 4.35. The fourth-order valence-corrected chi connectivity index (χ4v) is 2.56. The maximum Gasteiger partial charge on any atom is 0.248 e. The number of nitrogens with one attached hydrogen (secondary N) is 1. The van der Waals surface area contributed by atoms with E-state index in [0.29, 0.717) is 17.6 Å². The Morgan fingerprint density at radius 2 is 1.65 bits per heavy atom. The third-order valence-electron chi connectivity index (χ3n) is 3.78. The first-order valence-corrected chi connectivity index (χ1v) is 8.06. The van der Waals surface area contributed by atoms with Gasteiger partial charge in [0, 0.05) is 11.8 Å². The van der Waals surface area contributed by atoms with Crippen molar-refractivity contribution in [3.05, 3.63) is 59.1 Å². The van der Waals surface area contributed by atoms with Gasteiger partial charge in [-0.25, -0.2) is 0 Å². The Morgan fingerprint density at radius 3 is 2.13 bits per heavy atom. The first-order valence-electron chi connectivity index (χ1n) is 8.06. The van der Waals surface area contributed by atoms with E-state index in [2.05, 4.69) is 51.2 Å². The Kier molecular flexibility index (Phi) is 5.43. The molecule has 2 aromatic rings. The number of carbonyl (C=O) groups excluding carboxylic acids is 1. The van der Waals surface area contributed by atoms with Gasteiger partial charge in [0.1, 0.15) is 11.5 Å². The van der Waals surface area contributed by atoms with Gasteiger partial charge in [-0.05, 0) is 48.1 Å². The summed E-state index contributed by atoms with van der Waals surface area (Å²) in [7, 11) is 0. The quantitative estimate of drug-likeness (QED) is 0.742. The van der Waals surface area contributed by atoms with Crippen LogP contribution in [0.2, 0.25) is 0 Å². The van der Waals surface area contributed by atoms with Crippen LogP contribution < -0.4 is 5.32 Å². The van der Waals surface area contributed by atoms with Crippen LogP contribution in [-0.4, -0.2) is 5.91 Å². The Hall–Kier alpha value is -2.29. The normalized spacial score (nSPS) is 11.6. The monoisotopic (exact) mass is 311 g/mol. The minimum absolute atomic E-state index is 0.144. The molecule has 0 aliphatic carbocycles. The van der Waals surface area contributed by atoms with E-state index in [4.69, 9.17) is 4.42 Å². The average molecular weight is 311 g/mol. The molecule has 0 spiro atoms. The summed E-state index contributed by atoms with van der Waals surface area (Å²) in [5.74, 6) is 2.06. The molecular weight excluding hydrogens is 286 g/mol. The summed E-state index contributed by atoms with van der Waals surface area (Å²) < 4.78 is 5.44. The second-order valence-electron chi connectivity index (χ2n) is 6.39. The molecule has 0 atom stereocenters. The molecule has 1 aromatic carbocycles. The molecule has 0 saturated heterocycles. The van der Waals surface area contributed by atoms with E-state index < -0.39 is 0 Å². The van der Waals surface area contributed by atoms with Gasteiger partial charge in [0.05, 0.1) is 0 Å². The predicted molar refractivity (Wildman–Crippen MR) is 95.7 cm³/mol. The maximum atomic E-state index is 12.3. The molecule has 1 amide bonds. The SMILES string of the molecule is Cc1ccc(/C=C/C(=O)Nc2c(C(C)C)cccc2C(C)C)o1. The second-order valence-corrected chi connectivity index (χ2v) is 6.39. The van der Waals surface area contributed by atoms with Crippen LogP contribution in [0.25, 0.3) is 6.08 Å². The second kappa shape index (κ2) is 7.32. The standard InChI is InChI=1S/C20H25NO2/c1-13(2)17-7-6-8-18(14(3)4)20(17)21-19(22)12-11-16-10-9-15(5)23-16/h6-14H,1-5H3,(H,21,22)/b12-11+. The molecule has 1 N–H and O–H groups in total. The van der Waals surface area contributed by atoms with Gasteiger partial charge >= 0.3 is 0 Å². The van der Waals surface area contributed by atoms with E-state index >= 15 is 0 Å². The minimum atomic E-state index is -0.144. The van der Waals surface area contributed by atoms with Gasteiger partial charge in [0.2, 0.25) is 5.91 Å². The lowest BCUT2D eigenvalue weighted by atomic mass is 9.92. The Labute approximate surface area is 138 Å². The van der Waals surface area contributed by atoms with Crippen molar-refractivity contribution in [3.8, 4) is 0 Å². The number of para-hydroxylation sites is 1. The van der Waals surface area contributed by atoms with Gasteiger partial charge in [0.25, 0.3) is 0 Å². The van der Waals surface area contributed by atoms with E-state index in [-0.39, 0.29) is 5.91 Å². The van der Waals surface area contributed by atoms with Crippen molar-refractivity contribution in [1.29, 1.82) is 0 Å². The van der Waals surface area contributed by atoms with Crippen LogP contribution in [-0.2, 0) is 4.79 Å². The van der Waals surface area contributed by atoms with Crippen LogP contribution in [0.15, 0.2) is 40.8 Å². The van der Waals surface area contributed by atoms with Gasteiger partial charge in [-0.3, -0.25) is 4.79 Å². The highest BCUT2D eigenvalue weighted by molar-refractivity contribution is 6.02. The Balaban J connectivity index is 2.24. The molecule has 0 unspecified atom stereocenters. The van der Waals surface area contributed by atoms with Gasteiger partial charge in [-0.2, -0.15) is 0 Å². The van der Waals surface area contributed by atoms with Gasteiger partial charge in [-0.1, -0.05) is 45.9 Å². The molecule has 0 bridgehead atoms. The van der Waals surface area contributed by atoms with E-state index in [1.54, 1.807) is 6.08 Å². The van der Waals surface area contributed by atoms with Crippen LogP contribution in [0.3, 0.4) is 0 Å². The number of carbonyl (C=O) groups is 1. The van der Waals surface area contributed by atoms with Crippen molar-refractivity contribution in [1.82, 2.24) is 0 Å². The summed E-state index contributed by atoms with van der Waals surface area (Å²) in [6.45, 7) is 10.4. The zero-order valence-corrected chi connectivity index (χ0v) is 14.5. The molecule has 1 aromatic heterocycles. The van der Waals surface area contributed by atoms with E-state index in [1.807, 2.05) is 19.1 Å². The van der Waals surface area contributed by atoms with Crippen molar-refractivity contribution >= 4 is 17.7 Å². The van der Waals surface area contributed by atoms with Gasteiger partial charge < -0.3 is 9.73 Å². The molecule has 0 radical (unpaired) electrons. The molecule has 3 heteroatoms. The van der Waals surface area contributed by atoms with Crippen molar-refractivity contribution in [2.24, 2.45) is 0 Å². The Morgan fingerprint density at radius 1 is 1.04 bits per heavy atom. The summed E-state index contributed by atoms with van der Waals surface area (Å²) in [6.07, 6.45) is 3.20. The van der Waals surface area contributed by atoms with E-state index in [9.17, 15) is 4.79 Å². The van der Waals surface area contributed by atoms with Gasteiger partial charge in [0.15, 0.2) is 0 Å². The lowest BCUT2D eigenvalue weighted by molar-refractivity contribution is -0.111. The zero-order valence-electron chi connectivity index (χ0n) is 14.5. The maximum absolute atomic E-state index is 12.3. The van der Waals surface area contributed by atoms with Crippen molar-refractivity contribution in [2.75, 3.05) is 5.32 Å². The highest BCUT2D eigenvalue weighted by atomic mass is 16.3. The predicted octanol–water partition coefficient (Wildman–Crippen LogP) is 5.49. The fraction of sp³-hybridized carbons (Fsp3) is 0.350. The van der Waals surface area contributed by atoms with Crippen molar-refractivity contribution < 1.29 is 9.21 Å². The number of amides is 1. The summed E-state index contributed by atoms with van der Waals surface area (Å²) in [4.78, 5) is 12.3. The third-order valence-corrected chi connectivity index (χ3v) is 3.78. The molecule has 0 saturated carbocycles. The number of hydrogen-bond acceptors (Lipinski definition) is 2. The number of hydrogen-bond donors (Lipinski definition) is 1. The number of aryl methyl sites for hydroxylation is 1. The van der Waals surface area contributed by atoms with Crippen LogP contribution >= 0.6 is 0 Å². The van der Waals surface area contributed by atoms with Crippen LogP contribution in [0.5, 0.6) is 0 Å². The summed E-state index contributed by atoms with van der Waals surface area (Å²) >= 11 is 0. The average Bonchev–Trinajstić information content (AvgIpc) is 2.90. The molecular formula is C20H25NO2. The summed E-state index contributed by atoms with van der Waals surface area (Å²) in [6, 6.07) is 9.93. The van der Waals surface area contributed by atoms with E-state index in [1.165, 1.54) is 6.08 Å².